The molecule has 4 rings (SSSR count). The number of esters is 1. The number of alkyl halides is 1. The van der Waals surface area contributed by atoms with E-state index < -0.39 is 41.6 Å². The van der Waals surface area contributed by atoms with E-state index in [9.17, 15) is 19.5 Å². The molecule has 1 aromatic rings. The fourth-order valence-corrected chi connectivity index (χ4v) is 7.00. The average Bonchev–Trinajstić information content (AvgIpc) is 3.35. The third-order valence-corrected chi connectivity index (χ3v) is 8.42. The number of amides is 2. The van der Waals surface area contributed by atoms with Crippen LogP contribution in [0.5, 0.6) is 0 Å². The number of carbonyl (C=O) groups excluding carboxylic acids is 3. The van der Waals surface area contributed by atoms with Crippen molar-refractivity contribution in [3.05, 3.63) is 29.3 Å². The van der Waals surface area contributed by atoms with Gasteiger partial charge in [-0.15, -0.1) is 0 Å². The Kier molecular flexibility index (Phi) is 6.83. The second kappa shape index (κ2) is 9.24. The number of nitrogens with one attached hydrogen (secondary N) is 1. The van der Waals surface area contributed by atoms with Crippen molar-refractivity contribution in [1.82, 2.24) is 4.90 Å². The van der Waals surface area contributed by atoms with Crippen molar-refractivity contribution in [1.29, 1.82) is 0 Å². The number of benzene rings is 1. The first kappa shape index (κ1) is 25.1. The van der Waals surface area contributed by atoms with E-state index in [1.165, 1.54) is 4.90 Å². The van der Waals surface area contributed by atoms with Gasteiger partial charge in [-0.3, -0.25) is 14.4 Å². The number of fused-ring (bicyclic) bond motifs is 1. The summed E-state index contributed by atoms with van der Waals surface area (Å²) in [6.07, 6.45) is -0.154. The van der Waals surface area contributed by atoms with E-state index in [0.717, 1.165) is 11.1 Å². The topological polar surface area (TPSA) is 105 Å². The summed E-state index contributed by atoms with van der Waals surface area (Å²) in [4.78, 5) is 42.1. The summed E-state index contributed by atoms with van der Waals surface area (Å²) in [7, 11) is 0. The Morgan fingerprint density at radius 3 is 2.53 bits per heavy atom. The molecular weight excluding hydrogens is 504 g/mol. The van der Waals surface area contributed by atoms with Gasteiger partial charge < -0.3 is 24.8 Å². The van der Waals surface area contributed by atoms with Crippen molar-refractivity contribution in [3.8, 4) is 0 Å². The van der Waals surface area contributed by atoms with Crippen LogP contribution in [0.3, 0.4) is 0 Å². The monoisotopic (exact) mass is 536 g/mol. The SMILES string of the molecule is CCOC(=O)[C@H]1[C@@H]2O[C@@]3(CC2Br)[C@@H]1C(=O)N([C@@H](CO)C(C)C)[C@@H]3C(=O)Nc1c(C)cccc1C. The molecule has 8 nitrogen and oxygen atoms in total. The molecular formula is C25H33BrN2O6. The van der Waals surface area contributed by atoms with Crippen LogP contribution in [0.4, 0.5) is 5.69 Å². The maximum Gasteiger partial charge on any atom is 0.312 e. The molecule has 3 fully saturated rings. The van der Waals surface area contributed by atoms with Crippen LogP contribution in [0.25, 0.3) is 0 Å². The zero-order valence-electron chi connectivity index (χ0n) is 20.2. The lowest BCUT2D eigenvalue weighted by atomic mass is 9.70. The van der Waals surface area contributed by atoms with Gasteiger partial charge in [0.15, 0.2) is 0 Å². The molecule has 1 spiro atoms. The smallest absolute Gasteiger partial charge is 0.312 e. The first-order valence-corrected chi connectivity index (χ1v) is 12.8. The van der Waals surface area contributed by atoms with E-state index in [1.807, 2.05) is 45.9 Å². The fraction of sp³-hybridized carbons (Fsp3) is 0.640. The van der Waals surface area contributed by atoms with Gasteiger partial charge >= 0.3 is 5.97 Å². The molecule has 7 atom stereocenters. The summed E-state index contributed by atoms with van der Waals surface area (Å²) in [5.41, 5.74) is 1.31. The van der Waals surface area contributed by atoms with Crippen molar-refractivity contribution in [2.75, 3.05) is 18.5 Å². The summed E-state index contributed by atoms with van der Waals surface area (Å²) < 4.78 is 11.7. The maximum absolute atomic E-state index is 14.0. The second-order valence-corrected chi connectivity index (χ2v) is 11.1. The minimum Gasteiger partial charge on any atom is -0.466 e. The summed E-state index contributed by atoms with van der Waals surface area (Å²) in [6.45, 7) is 9.23. The molecule has 186 valence electrons. The van der Waals surface area contributed by atoms with Crippen molar-refractivity contribution < 1.29 is 29.0 Å². The van der Waals surface area contributed by atoms with Crippen LogP contribution < -0.4 is 5.32 Å². The molecule has 3 aliphatic heterocycles. The molecule has 0 saturated carbocycles. The number of aliphatic hydroxyl groups is 1. The van der Waals surface area contributed by atoms with E-state index in [0.29, 0.717) is 12.1 Å². The van der Waals surface area contributed by atoms with Gasteiger partial charge in [-0.05, 0) is 44.2 Å². The van der Waals surface area contributed by atoms with Crippen LogP contribution >= 0.6 is 15.9 Å². The highest BCUT2D eigenvalue weighted by Crippen LogP contribution is 2.60. The highest BCUT2D eigenvalue weighted by molar-refractivity contribution is 9.09. The van der Waals surface area contributed by atoms with Crippen LogP contribution in [0.15, 0.2) is 18.2 Å². The molecule has 3 saturated heterocycles. The van der Waals surface area contributed by atoms with Gasteiger partial charge in [0.25, 0.3) is 0 Å². The van der Waals surface area contributed by atoms with Gasteiger partial charge in [-0.25, -0.2) is 0 Å². The van der Waals surface area contributed by atoms with Crippen LogP contribution in [-0.4, -0.2) is 69.6 Å². The lowest BCUT2D eigenvalue weighted by Crippen LogP contribution is -2.57. The number of halogens is 1. The quantitative estimate of drug-likeness (QED) is 0.409. The predicted octanol–water partition coefficient (Wildman–Crippen LogP) is 2.57. The third kappa shape index (κ3) is 3.67. The van der Waals surface area contributed by atoms with Gasteiger partial charge in [0.1, 0.15) is 11.6 Å². The third-order valence-electron chi connectivity index (χ3n) is 7.58. The number of rotatable bonds is 7. The molecule has 3 heterocycles. The Labute approximate surface area is 208 Å². The Morgan fingerprint density at radius 1 is 1.32 bits per heavy atom. The number of aryl methyl sites for hydroxylation is 2. The van der Waals surface area contributed by atoms with Crippen molar-refractivity contribution in [2.24, 2.45) is 17.8 Å². The molecule has 2 bridgehead atoms. The predicted molar refractivity (Wildman–Crippen MR) is 129 cm³/mol. The van der Waals surface area contributed by atoms with E-state index in [4.69, 9.17) is 9.47 Å². The molecule has 3 aliphatic rings. The number of likely N-dealkylation sites (tertiary alicyclic amines) is 1. The van der Waals surface area contributed by atoms with Gasteiger partial charge in [0.2, 0.25) is 11.8 Å². The minimum atomic E-state index is -1.18. The Morgan fingerprint density at radius 2 is 1.97 bits per heavy atom. The Bertz CT molecular complexity index is 979. The van der Waals surface area contributed by atoms with Crippen molar-refractivity contribution in [2.45, 2.75) is 69.7 Å². The number of anilines is 1. The normalized spacial score (nSPS) is 32.8. The summed E-state index contributed by atoms with van der Waals surface area (Å²) in [5, 5.41) is 13.3. The van der Waals surface area contributed by atoms with Gasteiger partial charge in [-0.1, -0.05) is 48.0 Å². The van der Waals surface area contributed by atoms with Crippen molar-refractivity contribution in [3.63, 3.8) is 0 Å². The molecule has 2 amide bonds. The standard InChI is InChI=1S/C25H33BrN2O6/c1-6-33-24(32)17-18-23(31)28(16(11-29)12(2)3)21(25(18)10-15(26)20(17)34-25)22(30)27-19-13(4)8-7-9-14(19)5/h7-9,12,15-18,20-21,29H,6,10-11H2,1-5H3,(H,27,30)/t15?,16-,17+,18-,20+,21+,25-/m0/s1. The Balaban J connectivity index is 1.81. The summed E-state index contributed by atoms with van der Waals surface area (Å²) in [6, 6.07) is 4.15. The zero-order valence-corrected chi connectivity index (χ0v) is 21.8. The maximum atomic E-state index is 14.0. The van der Waals surface area contributed by atoms with E-state index in [2.05, 4.69) is 21.2 Å². The molecule has 2 N–H and O–H groups in total. The number of hydrogen-bond donors (Lipinski definition) is 2. The molecule has 0 aliphatic carbocycles. The van der Waals surface area contributed by atoms with Crippen LogP contribution in [0, 0.1) is 31.6 Å². The van der Waals surface area contributed by atoms with E-state index >= 15 is 0 Å². The minimum absolute atomic E-state index is 0.113. The van der Waals surface area contributed by atoms with Crippen LogP contribution in [0.1, 0.15) is 38.3 Å². The van der Waals surface area contributed by atoms with Crippen LogP contribution in [0.2, 0.25) is 0 Å². The lowest BCUT2D eigenvalue weighted by Gasteiger charge is -2.38. The van der Waals surface area contributed by atoms with Crippen LogP contribution in [-0.2, 0) is 23.9 Å². The molecule has 34 heavy (non-hydrogen) atoms. The number of hydrogen-bond acceptors (Lipinski definition) is 6. The highest BCUT2D eigenvalue weighted by Gasteiger charge is 2.77. The first-order chi connectivity index (χ1) is 16.1. The molecule has 0 radical (unpaired) electrons. The molecule has 1 unspecified atom stereocenters. The highest BCUT2D eigenvalue weighted by atomic mass is 79.9. The first-order valence-electron chi connectivity index (χ1n) is 11.9. The second-order valence-electron chi connectivity index (χ2n) is 9.91. The number of para-hydroxylation sites is 1. The largest absolute Gasteiger partial charge is 0.466 e. The average molecular weight is 537 g/mol. The van der Waals surface area contributed by atoms with E-state index in [-0.39, 0.29) is 35.8 Å². The molecule has 1 aromatic carbocycles. The molecule has 9 heteroatoms. The van der Waals surface area contributed by atoms with Gasteiger partial charge in [0.05, 0.1) is 37.2 Å². The van der Waals surface area contributed by atoms with Crippen molar-refractivity contribution >= 4 is 39.4 Å². The lowest BCUT2D eigenvalue weighted by molar-refractivity contribution is -0.155. The number of aliphatic hydroxyl groups excluding tert-OH is 1. The number of carbonyl (C=O) groups is 3. The summed E-state index contributed by atoms with van der Waals surface area (Å²) >= 11 is 3.63. The fourth-order valence-electron chi connectivity index (χ4n) is 6.06. The zero-order chi connectivity index (χ0) is 24.9. The molecule has 0 aromatic heterocycles. The van der Waals surface area contributed by atoms with Gasteiger partial charge in [-0.2, -0.15) is 0 Å². The summed E-state index contributed by atoms with van der Waals surface area (Å²) in [5.74, 6) is -2.97. The van der Waals surface area contributed by atoms with Gasteiger partial charge in [0, 0.05) is 10.5 Å². The number of nitrogens with zero attached hydrogens (tertiary/aromatic N) is 1. The van der Waals surface area contributed by atoms with E-state index in [1.54, 1.807) is 6.92 Å². The Hall–Kier alpha value is -1.97. The number of ether oxygens (including phenoxy) is 2.